The Morgan fingerprint density at radius 2 is 2.31 bits per heavy atom. The lowest BCUT2D eigenvalue weighted by molar-refractivity contribution is -0.0106. The molecule has 1 aliphatic carbocycles. The summed E-state index contributed by atoms with van der Waals surface area (Å²) in [5, 5.41) is 3.97. The third kappa shape index (κ3) is 1.97. The van der Waals surface area contributed by atoms with Gasteiger partial charge >= 0.3 is 0 Å². The monoisotopic (exact) mass is 225 g/mol. The van der Waals surface area contributed by atoms with Crippen LogP contribution >= 0.6 is 0 Å². The average molecular weight is 225 g/mol. The van der Waals surface area contributed by atoms with E-state index in [1.54, 1.807) is 7.11 Å². The molecule has 90 valence electrons. The first-order chi connectivity index (χ1) is 7.60. The summed E-state index contributed by atoms with van der Waals surface area (Å²) in [4.78, 5) is 4.36. The van der Waals surface area contributed by atoms with Gasteiger partial charge in [0.1, 0.15) is 5.60 Å². The molecule has 0 aromatic carbocycles. The highest BCUT2D eigenvalue weighted by Gasteiger charge is 2.36. The van der Waals surface area contributed by atoms with Crippen LogP contribution in [0.1, 0.15) is 50.9 Å². The molecule has 2 rings (SSSR count). The smallest absolute Gasteiger partial charge is 0.243 e. The van der Waals surface area contributed by atoms with Crippen molar-refractivity contribution in [3.05, 3.63) is 11.7 Å². The van der Waals surface area contributed by atoms with E-state index in [0.717, 1.165) is 19.3 Å². The normalized spacial score (nSPS) is 21.8. The average Bonchev–Trinajstić information content (AvgIpc) is 3.04. The van der Waals surface area contributed by atoms with E-state index in [0.29, 0.717) is 17.6 Å². The van der Waals surface area contributed by atoms with E-state index < -0.39 is 5.60 Å². The van der Waals surface area contributed by atoms with Gasteiger partial charge in [-0.15, -0.1) is 0 Å². The zero-order valence-electron chi connectivity index (χ0n) is 10.1. The minimum Gasteiger partial charge on any atom is -0.370 e. The molecule has 2 unspecified atom stereocenters. The van der Waals surface area contributed by atoms with Gasteiger partial charge in [0.15, 0.2) is 0 Å². The van der Waals surface area contributed by atoms with Crippen LogP contribution in [0.25, 0.3) is 0 Å². The summed E-state index contributed by atoms with van der Waals surface area (Å²) in [7, 11) is 1.65. The topological polar surface area (TPSA) is 74.2 Å². The fraction of sp³-hybridized carbons (Fsp3) is 0.818. The van der Waals surface area contributed by atoms with Gasteiger partial charge in [-0.2, -0.15) is 4.98 Å². The second-order valence-corrected chi connectivity index (χ2v) is 4.61. The van der Waals surface area contributed by atoms with Crippen molar-refractivity contribution in [2.75, 3.05) is 7.11 Å². The number of ether oxygens (including phenoxy) is 1. The van der Waals surface area contributed by atoms with Crippen LogP contribution in [0.3, 0.4) is 0 Å². The van der Waals surface area contributed by atoms with Crippen LogP contribution in [0.2, 0.25) is 0 Å². The summed E-state index contributed by atoms with van der Waals surface area (Å²) in [5.74, 6) is 1.64. The molecule has 0 saturated heterocycles. The van der Waals surface area contributed by atoms with Gasteiger partial charge in [-0.1, -0.05) is 12.1 Å². The molecule has 1 aromatic heterocycles. The molecule has 2 atom stereocenters. The van der Waals surface area contributed by atoms with E-state index in [-0.39, 0.29) is 6.04 Å². The predicted molar refractivity (Wildman–Crippen MR) is 58.6 cm³/mol. The van der Waals surface area contributed by atoms with Crippen LogP contribution in [-0.4, -0.2) is 17.3 Å². The zero-order valence-corrected chi connectivity index (χ0v) is 10.1. The lowest BCUT2D eigenvalue weighted by Crippen LogP contribution is -2.25. The van der Waals surface area contributed by atoms with Crippen molar-refractivity contribution in [2.45, 2.75) is 44.8 Å². The van der Waals surface area contributed by atoms with Gasteiger partial charge in [-0.25, -0.2) is 0 Å². The molecule has 0 spiro atoms. The summed E-state index contributed by atoms with van der Waals surface area (Å²) >= 11 is 0. The van der Waals surface area contributed by atoms with Crippen LogP contribution in [0.5, 0.6) is 0 Å². The maximum atomic E-state index is 6.00. The molecule has 0 radical (unpaired) electrons. The van der Waals surface area contributed by atoms with Crippen molar-refractivity contribution < 1.29 is 9.26 Å². The molecular weight excluding hydrogens is 206 g/mol. The molecule has 0 amide bonds. The van der Waals surface area contributed by atoms with Gasteiger partial charge in [0.25, 0.3) is 0 Å². The Kier molecular flexibility index (Phi) is 2.99. The zero-order chi connectivity index (χ0) is 11.8. The maximum Gasteiger partial charge on any atom is 0.243 e. The van der Waals surface area contributed by atoms with Gasteiger partial charge < -0.3 is 15.0 Å². The molecule has 5 heteroatoms. The first kappa shape index (κ1) is 11.5. The largest absolute Gasteiger partial charge is 0.370 e. The molecule has 1 aliphatic rings. The Hall–Kier alpha value is -0.940. The quantitative estimate of drug-likeness (QED) is 0.826. The van der Waals surface area contributed by atoms with E-state index in [4.69, 9.17) is 15.0 Å². The number of nitrogens with two attached hydrogens (primary N) is 1. The molecule has 0 aliphatic heterocycles. The van der Waals surface area contributed by atoms with E-state index >= 15 is 0 Å². The second kappa shape index (κ2) is 4.14. The Morgan fingerprint density at radius 3 is 2.81 bits per heavy atom. The Bertz CT molecular complexity index is 356. The third-order valence-electron chi connectivity index (χ3n) is 3.45. The first-order valence-corrected chi connectivity index (χ1v) is 5.75. The van der Waals surface area contributed by atoms with Crippen molar-refractivity contribution in [2.24, 2.45) is 11.7 Å². The lowest BCUT2D eigenvalue weighted by Gasteiger charge is -2.21. The van der Waals surface area contributed by atoms with Crippen molar-refractivity contribution in [1.82, 2.24) is 10.1 Å². The number of hydrogen-bond acceptors (Lipinski definition) is 5. The van der Waals surface area contributed by atoms with Crippen LogP contribution in [0.15, 0.2) is 4.52 Å². The summed E-state index contributed by atoms with van der Waals surface area (Å²) < 4.78 is 10.6. The molecule has 16 heavy (non-hydrogen) atoms. The minimum absolute atomic E-state index is 0.112. The number of hydrogen-bond donors (Lipinski definition) is 1. The lowest BCUT2D eigenvalue weighted by atomic mass is 10.0. The molecule has 5 nitrogen and oxygen atoms in total. The Labute approximate surface area is 95.3 Å². The number of nitrogens with zero attached hydrogens (tertiary/aromatic N) is 2. The van der Waals surface area contributed by atoms with Crippen molar-refractivity contribution >= 4 is 0 Å². The fourth-order valence-corrected chi connectivity index (χ4v) is 1.64. The van der Waals surface area contributed by atoms with Crippen LogP contribution < -0.4 is 5.73 Å². The molecule has 1 fully saturated rings. The van der Waals surface area contributed by atoms with Crippen molar-refractivity contribution in [3.8, 4) is 0 Å². The summed E-state index contributed by atoms with van der Waals surface area (Å²) in [5.41, 5.74) is 5.52. The molecule has 1 aromatic rings. The van der Waals surface area contributed by atoms with Crippen LogP contribution in [-0.2, 0) is 10.3 Å². The number of methoxy groups -OCH3 is 1. The molecule has 1 saturated carbocycles. The Morgan fingerprint density at radius 1 is 1.62 bits per heavy atom. The van der Waals surface area contributed by atoms with Gasteiger partial charge in [-0.05, 0) is 32.1 Å². The maximum absolute atomic E-state index is 6.00. The molecule has 1 heterocycles. The number of rotatable bonds is 5. The second-order valence-electron chi connectivity index (χ2n) is 4.61. The van der Waals surface area contributed by atoms with E-state index in [1.165, 1.54) is 0 Å². The van der Waals surface area contributed by atoms with Crippen LogP contribution in [0.4, 0.5) is 0 Å². The summed E-state index contributed by atoms with van der Waals surface area (Å²) in [6.45, 7) is 3.98. The summed E-state index contributed by atoms with van der Waals surface area (Å²) in [6, 6.07) is -0.112. The highest BCUT2D eigenvalue weighted by atomic mass is 16.5. The van der Waals surface area contributed by atoms with E-state index in [2.05, 4.69) is 10.1 Å². The minimum atomic E-state index is -0.481. The predicted octanol–water partition coefficient (Wildman–Crippen LogP) is 1.75. The first-order valence-electron chi connectivity index (χ1n) is 5.75. The Balaban J connectivity index is 2.17. The molecule has 2 N–H and O–H groups in total. The summed E-state index contributed by atoms with van der Waals surface area (Å²) in [6.07, 6.45) is 3.11. The molecular formula is C11H19N3O2. The van der Waals surface area contributed by atoms with Gasteiger partial charge in [0, 0.05) is 7.11 Å². The van der Waals surface area contributed by atoms with E-state index in [1.807, 2.05) is 13.8 Å². The standard InChI is InChI=1S/C11H19N3O2/c1-4-11(2,15-3)10-13-9(16-14-10)8(12)7-5-6-7/h7-8H,4-6,12H2,1-3H3. The molecule has 0 bridgehead atoms. The van der Waals surface area contributed by atoms with Crippen LogP contribution in [0, 0.1) is 5.92 Å². The third-order valence-corrected chi connectivity index (χ3v) is 3.45. The van der Waals surface area contributed by atoms with Gasteiger partial charge in [-0.3, -0.25) is 0 Å². The van der Waals surface area contributed by atoms with Gasteiger partial charge in [0.2, 0.25) is 11.7 Å². The van der Waals surface area contributed by atoms with E-state index in [9.17, 15) is 0 Å². The van der Waals surface area contributed by atoms with Crippen molar-refractivity contribution in [1.29, 1.82) is 0 Å². The number of aromatic nitrogens is 2. The highest BCUT2D eigenvalue weighted by molar-refractivity contribution is 5.03. The van der Waals surface area contributed by atoms with Gasteiger partial charge in [0.05, 0.1) is 6.04 Å². The highest BCUT2D eigenvalue weighted by Crippen LogP contribution is 2.39. The SMILES string of the molecule is CCC(C)(OC)c1noc(C(N)C2CC2)n1. The fourth-order valence-electron chi connectivity index (χ4n) is 1.64. The van der Waals surface area contributed by atoms with Crippen molar-refractivity contribution in [3.63, 3.8) is 0 Å².